The molecule has 1 aliphatic heterocycles. The number of hydrazone groups is 1. The van der Waals surface area contributed by atoms with Crippen LogP contribution in [0.2, 0.25) is 0 Å². The number of amides is 1. The fourth-order valence-electron chi connectivity index (χ4n) is 2.99. The van der Waals surface area contributed by atoms with Gasteiger partial charge < -0.3 is 4.90 Å². The number of carbonyl (C=O) groups excluding carboxylic acids is 1. The molecule has 0 unspecified atom stereocenters. The molecule has 29 heavy (non-hydrogen) atoms. The van der Waals surface area contributed by atoms with Gasteiger partial charge in [0.2, 0.25) is 0 Å². The maximum atomic E-state index is 12.5. The van der Waals surface area contributed by atoms with Crippen molar-refractivity contribution >= 4 is 40.9 Å². The number of anilines is 2. The maximum Gasteiger partial charge on any atom is 0.269 e. The van der Waals surface area contributed by atoms with Crippen molar-refractivity contribution in [2.75, 3.05) is 11.4 Å². The highest BCUT2D eigenvalue weighted by atomic mass is 32.2. The van der Waals surface area contributed by atoms with Gasteiger partial charge in [0, 0.05) is 21.9 Å². The van der Waals surface area contributed by atoms with E-state index in [0.717, 1.165) is 21.2 Å². The van der Waals surface area contributed by atoms with Crippen LogP contribution in [0, 0.1) is 10.1 Å². The molecule has 0 spiro atoms. The van der Waals surface area contributed by atoms with Crippen LogP contribution in [0.15, 0.2) is 87.7 Å². The third kappa shape index (κ3) is 4.12. The number of nitro benzene ring substituents is 1. The number of nitro groups is 1. The molecule has 0 aliphatic carbocycles. The fraction of sp³-hybridized carbons (Fsp3) is 0.0476. The Labute approximate surface area is 171 Å². The first-order chi connectivity index (χ1) is 14.1. The van der Waals surface area contributed by atoms with E-state index in [1.807, 2.05) is 53.4 Å². The average Bonchev–Trinajstić information content (AvgIpc) is 2.74. The smallest absolute Gasteiger partial charge is 0.269 e. The van der Waals surface area contributed by atoms with Gasteiger partial charge in [0.1, 0.15) is 6.54 Å². The molecule has 3 aromatic carbocycles. The summed E-state index contributed by atoms with van der Waals surface area (Å²) < 4.78 is 0. The van der Waals surface area contributed by atoms with Gasteiger partial charge in [-0.2, -0.15) is 5.10 Å². The normalized spacial score (nSPS) is 12.3. The molecule has 1 aliphatic rings. The molecule has 0 atom stereocenters. The Morgan fingerprint density at radius 2 is 1.59 bits per heavy atom. The number of benzene rings is 3. The Morgan fingerprint density at radius 1 is 1.00 bits per heavy atom. The molecule has 0 saturated heterocycles. The summed E-state index contributed by atoms with van der Waals surface area (Å²) >= 11 is 1.68. The van der Waals surface area contributed by atoms with Crippen LogP contribution in [0.4, 0.5) is 17.1 Å². The van der Waals surface area contributed by atoms with E-state index in [0.29, 0.717) is 5.56 Å². The maximum absolute atomic E-state index is 12.5. The van der Waals surface area contributed by atoms with E-state index in [1.165, 1.54) is 18.3 Å². The second-order valence-electron chi connectivity index (χ2n) is 6.27. The zero-order valence-corrected chi connectivity index (χ0v) is 16.0. The van der Waals surface area contributed by atoms with Gasteiger partial charge in [-0.3, -0.25) is 14.9 Å². The lowest BCUT2D eigenvalue weighted by atomic mass is 10.2. The van der Waals surface area contributed by atoms with Crippen LogP contribution in [0.25, 0.3) is 0 Å². The molecule has 1 N–H and O–H groups in total. The molecule has 0 saturated carbocycles. The van der Waals surface area contributed by atoms with Crippen molar-refractivity contribution in [3.8, 4) is 0 Å². The fourth-order valence-corrected chi connectivity index (χ4v) is 4.09. The number of carbonyl (C=O) groups is 1. The van der Waals surface area contributed by atoms with Crippen LogP contribution in [0.5, 0.6) is 0 Å². The minimum Gasteiger partial charge on any atom is -0.330 e. The summed E-state index contributed by atoms with van der Waals surface area (Å²) in [5.41, 5.74) is 5.14. The molecule has 0 aromatic heterocycles. The van der Waals surface area contributed by atoms with Crippen LogP contribution in [-0.4, -0.2) is 23.6 Å². The molecule has 0 fully saturated rings. The number of para-hydroxylation sites is 2. The second-order valence-corrected chi connectivity index (χ2v) is 7.35. The highest BCUT2D eigenvalue weighted by molar-refractivity contribution is 7.99. The van der Waals surface area contributed by atoms with Gasteiger partial charge in [-0.1, -0.05) is 36.0 Å². The molecule has 1 amide bonds. The molecule has 0 bridgehead atoms. The zero-order chi connectivity index (χ0) is 20.2. The summed E-state index contributed by atoms with van der Waals surface area (Å²) in [7, 11) is 0. The lowest BCUT2D eigenvalue weighted by Gasteiger charge is -2.31. The largest absolute Gasteiger partial charge is 0.330 e. The Hall–Kier alpha value is -3.65. The van der Waals surface area contributed by atoms with Gasteiger partial charge in [-0.15, -0.1) is 0 Å². The number of nitrogens with zero attached hydrogens (tertiary/aromatic N) is 3. The van der Waals surface area contributed by atoms with Gasteiger partial charge in [0.25, 0.3) is 11.6 Å². The third-order valence-electron chi connectivity index (χ3n) is 4.34. The highest BCUT2D eigenvalue weighted by Gasteiger charge is 2.24. The van der Waals surface area contributed by atoms with Crippen molar-refractivity contribution in [3.63, 3.8) is 0 Å². The minimum atomic E-state index is -0.463. The first kappa shape index (κ1) is 18.7. The van der Waals surface area contributed by atoms with Crippen molar-refractivity contribution in [2.24, 2.45) is 5.10 Å². The van der Waals surface area contributed by atoms with E-state index in [2.05, 4.69) is 10.5 Å². The van der Waals surface area contributed by atoms with E-state index >= 15 is 0 Å². The monoisotopic (exact) mass is 404 g/mol. The second kappa shape index (κ2) is 8.15. The van der Waals surface area contributed by atoms with E-state index in [4.69, 9.17) is 0 Å². The van der Waals surface area contributed by atoms with Gasteiger partial charge in [-0.25, -0.2) is 5.43 Å². The molecule has 144 valence electrons. The van der Waals surface area contributed by atoms with Crippen molar-refractivity contribution in [1.82, 2.24) is 5.43 Å². The minimum absolute atomic E-state index is 0.00600. The van der Waals surface area contributed by atoms with Crippen LogP contribution < -0.4 is 10.3 Å². The van der Waals surface area contributed by atoms with Crippen molar-refractivity contribution in [1.29, 1.82) is 0 Å². The lowest BCUT2D eigenvalue weighted by molar-refractivity contribution is -0.384. The molecule has 3 aromatic rings. The summed E-state index contributed by atoms with van der Waals surface area (Å²) in [6, 6.07) is 21.8. The molecule has 1 heterocycles. The van der Waals surface area contributed by atoms with E-state index < -0.39 is 4.92 Å². The Balaban J connectivity index is 1.47. The Bertz CT molecular complexity index is 1050. The van der Waals surface area contributed by atoms with Crippen LogP contribution in [0.1, 0.15) is 5.56 Å². The van der Waals surface area contributed by atoms with Crippen LogP contribution >= 0.6 is 11.8 Å². The molecule has 0 radical (unpaired) electrons. The number of fused-ring (bicyclic) bond motifs is 2. The summed E-state index contributed by atoms with van der Waals surface area (Å²) in [6.45, 7) is 0.117. The first-order valence-corrected chi connectivity index (χ1v) is 9.63. The number of nitrogens with one attached hydrogen (secondary N) is 1. The summed E-state index contributed by atoms with van der Waals surface area (Å²) in [5.74, 6) is -0.264. The highest BCUT2D eigenvalue weighted by Crippen LogP contribution is 2.47. The lowest BCUT2D eigenvalue weighted by Crippen LogP contribution is -2.33. The van der Waals surface area contributed by atoms with Gasteiger partial charge in [-0.05, 0) is 42.0 Å². The van der Waals surface area contributed by atoms with Gasteiger partial charge in [0.15, 0.2) is 0 Å². The SMILES string of the molecule is O=C(CN1c2ccccc2Sc2ccccc21)N/N=C\c1ccc([N+](=O)[O-])cc1. The van der Waals surface area contributed by atoms with Gasteiger partial charge >= 0.3 is 0 Å². The van der Waals surface area contributed by atoms with Gasteiger partial charge in [0.05, 0.1) is 22.5 Å². The summed E-state index contributed by atoms with van der Waals surface area (Å²) in [5, 5.41) is 14.7. The number of non-ortho nitro benzene ring substituents is 1. The number of hydrogen-bond donors (Lipinski definition) is 1. The average molecular weight is 404 g/mol. The van der Waals surface area contributed by atoms with E-state index in [1.54, 1.807) is 23.9 Å². The van der Waals surface area contributed by atoms with Crippen molar-refractivity contribution in [3.05, 3.63) is 88.5 Å². The van der Waals surface area contributed by atoms with Crippen LogP contribution in [-0.2, 0) is 4.79 Å². The van der Waals surface area contributed by atoms with E-state index in [-0.39, 0.29) is 18.1 Å². The summed E-state index contributed by atoms with van der Waals surface area (Å²) in [6.07, 6.45) is 1.45. The summed E-state index contributed by atoms with van der Waals surface area (Å²) in [4.78, 5) is 26.9. The van der Waals surface area contributed by atoms with Crippen molar-refractivity contribution in [2.45, 2.75) is 9.79 Å². The Kier molecular flexibility index (Phi) is 5.26. The topological polar surface area (TPSA) is 87.8 Å². The predicted octanol–water partition coefficient (Wildman–Crippen LogP) is 4.35. The van der Waals surface area contributed by atoms with Crippen molar-refractivity contribution < 1.29 is 9.72 Å². The number of hydrogen-bond acceptors (Lipinski definition) is 6. The van der Waals surface area contributed by atoms with E-state index in [9.17, 15) is 14.9 Å². The quantitative estimate of drug-likeness (QED) is 0.388. The standard InChI is InChI=1S/C21H16N4O3S/c26-21(23-22-13-15-9-11-16(12-10-15)25(27)28)14-24-17-5-1-3-7-19(17)29-20-8-4-2-6-18(20)24/h1-13H,14H2,(H,23,26)/b22-13-. The van der Waals surface area contributed by atoms with Crippen LogP contribution in [0.3, 0.4) is 0 Å². The Morgan fingerprint density at radius 3 is 2.17 bits per heavy atom. The zero-order valence-electron chi connectivity index (χ0n) is 15.2. The molecule has 8 heteroatoms. The molecule has 4 rings (SSSR count). The first-order valence-electron chi connectivity index (χ1n) is 8.81. The molecular formula is C21H16N4O3S. The molecular weight excluding hydrogens is 388 g/mol. The predicted molar refractivity (Wildman–Crippen MR) is 113 cm³/mol. The number of rotatable bonds is 5. The third-order valence-corrected chi connectivity index (χ3v) is 5.47. The molecule has 7 nitrogen and oxygen atoms in total.